The van der Waals surface area contributed by atoms with Gasteiger partial charge in [0.25, 0.3) is 15.9 Å². The average molecular weight is 650 g/mol. The van der Waals surface area contributed by atoms with Crippen LogP contribution in [0.15, 0.2) is 108 Å². The highest BCUT2D eigenvalue weighted by Crippen LogP contribution is 2.21. The lowest BCUT2D eigenvalue weighted by Crippen LogP contribution is -2.52. The van der Waals surface area contributed by atoms with Crippen molar-refractivity contribution in [2.75, 3.05) is 17.9 Å². The van der Waals surface area contributed by atoms with Gasteiger partial charge in [0.1, 0.15) is 23.4 Å². The van der Waals surface area contributed by atoms with Crippen molar-refractivity contribution in [3.8, 4) is 5.75 Å². The highest BCUT2D eigenvalue weighted by Gasteiger charge is 2.30. The van der Waals surface area contributed by atoms with Crippen molar-refractivity contribution in [1.82, 2.24) is 10.2 Å². The van der Waals surface area contributed by atoms with E-state index in [2.05, 4.69) is 23.9 Å². The van der Waals surface area contributed by atoms with Gasteiger partial charge in [-0.15, -0.1) is 0 Å². The summed E-state index contributed by atoms with van der Waals surface area (Å²) in [4.78, 5) is 28.7. The van der Waals surface area contributed by atoms with Gasteiger partial charge in [-0.05, 0) is 84.1 Å². The predicted molar refractivity (Wildman–Crippen MR) is 172 cm³/mol. The highest BCUT2D eigenvalue weighted by molar-refractivity contribution is 7.92. The summed E-state index contributed by atoms with van der Waals surface area (Å²) < 4.78 is 60.6. The number of hydrogen-bond acceptors (Lipinski definition) is 5. The molecule has 4 aromatic rings. The summed E-state index contributed by atoms with van der Waals surface area (Å²) in [6, 6.07) is 24.5. The first-order chi connectivity index (χ1) is 22.0. The van der Waals surface area contributed by atoms with E-state index in [1.807, 2.05) is 30.3 Å². The second-order valence-corrected chi connectivity index (χ2v) is 12.9. The number of rotatable bonds is 15. The summed E-state index contributed by atoms with van der Waals surface area (Å²) in [5.41, 5.74) is 1.69. The quantitative estimate of drug-likeness (QED) is 0.166. The average Bonchev–Trinajstić information content (AvgIpc) is 3.04. The molecule has 0 saturated heterocycles. The van der Waals surface area contributed by atoms with Gasteiger partial charge in [-0.3, -0.25) is 14.3 Å². The zero-order valence-corrected chi connectivity index (χ0v) is 26.5. The second kappa shape index (κ2) is 16.0. The third-order valence-electron chi connectivity index (χ3n) is 7.15. The monoisotopic (exact) mass is 649 g/mol. The third-order valence-corrected chi connectivity index (χ3v) is 8.55. The lowest BCUT2D eigenvalue weighted by atomic mass is 10.0. The van der Waals surface area contributed by atoms with Gasteiger partial charge in [0.05, 0.1) is 4.90 Å². The number of nitrogens with one attached hydrogen (secondary N) is 2. The Labute approximate surface area is 268 Å². The number of carbonyl (C=O) groups excluding carboxylic acids is 2. The zero-order valence-electron chi connectivity index (χ0n) is 25.7. The second-order valence-electron chi connectivity index (χ2n) is 11.2. The molecule has 0 fully saturated rings. The van der Waals surface area contributed by atoms with Crippen LogP contribution in [-0.4, -0.2) is 44.3 Å². The smallest absolute Gasteiger partial charge is 0.261 e. The molecule has 4 aromatic carbocycles. The van der Waals surface area contributed by atoms with Crippen LogP contribution in [0.4, 0.5) is 14.5 Å². The molecule has 11 heteroatoms. The molecular formula is C35H37F2N3O5S. The van der Waals surface area contributed by atoms with E-state index < -0.39 is 40.2 Å². The van der Waals surface area contributed by atoms with Crippen molar-refractivity contribution in [2.24, 2.45) is 5.92 Å². The fourth-order valence-corrected chi connectivity index (χ4v) is 5.68. The molecule has 0 bridgehead atoms. The first-order valence-corrected chi connectivity index (χ1v) is 16.4. The topological polar surface area (TPSA) is 105 Å². The number of sulfonamides is 1. The van der Waals surface area contributed by atoms with Crippen molar-refractivity contribution >= 4 is 27.5 Å². The first-order valence-electron chi connectivity index (χ1n) is 14.9. The van der Waals surface area contributed by atoms with E-state index in [0.717, 1.165) is 24.1 Å². The number of amides is 2. The van der Waals surface area contributed by atoms with Crippen molar-refractivity contribution in [3.63, 3.8) is 0 Å². The molecule has 0 heterocycles. The van der Waals surface area contributed by atoms with E-state index in [1.54, 1.807) is 12.1 Å². The summed E-state index contributed by atoms with van der Waals surface area (Å²) in [5, 5.41) is 2.96. The fourth-order valence-electron chi connectivity index (χ4n) is 4.62. The summed E-state index contributed by atoms with van der Waals surface area (Å²) in [7, 11) is -3.96. The molecule has 1 atom stereocenters. The van der Waals surface area contributed by atoms with E-state index >= 15 is 0 Å². The molecule has 0 aliphatic rings. The summed E-state index contributed by atoms with van der Waals surface area (Å²) in [6.45, 7) is 4.15. The largest absolute Gasteiger partial charge is 0.484 e. The minimum Gasteiger partial charge on any atom is -0.484 e. The van der Waals surface area contributed by atoms with Gasteiger partial charge in [0, 0.05) is 25.2 Å². The first kappa shape index (κ1) is 34.1. The van der Waals surface area contributed by atoms with Crippen molar-refractivity contribution < 1.29 is 31.5 Å². The molecule has 0 saturated carbocycles. The SMILES string of the molecule is CC(C)CCNC(=O)[C@@H](Cc1ccccc1)N(Cc1ccc(F)cc1)C(=O)COc1ccc(S(=O)(=O)Nc2ccc(F)cc2)cc1. The molecule has 0 spiro atoms. The Morgan fingerprint density at radius 3 is 2.02 bits per heavy atom. The molecule has 46 heavy (non-hydrogen) atoms. The molecule has 0 aliphatic carbocycles. The van der Waals surface area contributed by atoms with Gasteiger partial charge in [-0.1, -0.05) is 56.3 Å². The van der Waals surface area contributed by atoms with Crippen LogP contribution in [0.5, 0.6) is 5.75 Å². The molecular weight excluding hydrogens is 612 g/mol. The van der Waals surface area contributed by atoms with Gasteiger partial charge in [0.2, 0.25) is 5.91 Å². The Morgan fingerprint density at radius 2 is 1.41 bits per heavy atom. The number of nitrogens with zero attached hydrogens (tertiary/aromatic N) is 1. The highest BCUT2D eigenvalue weighted by atomic mass is 32.2. The Bertz CT molecular complexity index is 1680. The number of anilines is 1. The molecule has 4 rings (SSSR count). The predicted octanol–water partition coefficient (Wildman–Crippen LogP) is 5.95. The van der Waals surface area contributed by atoms with Crippen LogP contribution < -0.4 is 14.8 Å². The maximum Gasteiger partial charge on any atom is 0.261 e. The summed E-state index contributed by atoms with van der Waals surface area (Å²) >= 11 is 0. The van der Waals surface area contributed by atoms with Crippen LogP contribution in [0.25, 0.3) is 0 Å². The Balaban J connectivity index is 1.52. The van der Waals surface area contributed by atoms with Crippen molar-refractivity contribution in [1.29, 1.82) is 0 Å². The van der Waals surface area contributed by atoms with Gasteiger partial charge in [-0.2, -0.15) is 0 Å². The molecule has 8 nitrogen and oxygen atoms in total. The van der Waals surface area contributed by atoms with Gasteiger partial charge >= 0.3 is 0 Å². The van der Waals surface area contributed by atoms with Gasteiger partial charge in [0.15, 0.2) is 6.61 Å². The lowest BCUT2D eigenvalue weighted by molar-refractivity contribution is -0.142. The Morgan fingerprint density at radius 1 is 0.804 bits per heavy atom. The summed E-state index contributed by atoms with van der Waals surface area (Å²) in [6.07, 6.45) is 1.01. The van der Waals surface area contributed by atoms with Crippen LogP contribution in [0, 0.1) is 17.6 Å². The minimum atomic E-state index is -3.96. The van der Waals surface area contributed by atoms with Gasteiger partial charge in [-0.25, -0.2) is 17.2 Å². The molecule has 0 aliphatic heterocycles. The summed E-state index contributed by atoms with van der Waals surface area (Å²) in [5.74, 6) is -1.11. The third kappa shape index (κ3) is 10.1. The minimum absolute atomic E-state index is 0.0316. The molecule has 0 aromatic heterocycles. The van der Waals surface area contributed by atoms with Crippen LogP contribution in [0.2, 0.25) is 0 Å². The number of benzene rings is 4. The number of hydrogen-bond donors (Lipinski definition) is 2. The number of halogens is 2. The lowest BCUT2D eigenvalue weighted by Gasteiger charge is -2.31. The van der Waals surface area contributed by atoms with Gasteiger partial charge < -0.3 is 15.0 Å². The maximum absolute atomic E-state index is 13.8. The van der Waals surface area contributed by atoms with Crippen LogP contribution in [-0.2, 0) is 32.6 Å². The Kier molecular flexibility index (Phi) is 11.9. The van der Waals surface area contributed by atoms with E-state index in [4.69, 9.17) is 4.74 Å². The number of ether oxygens (including phenoxy) is 1. The van der Waals surface area contributed by atoms with E-state index in [0.29, 0.717) is 18.0 Å². The van der Waals surface area contributed by atoms with Crippen LogP contribution in [0.1, 0.15) is 31.4 Å². The van der Waals surface area contributed by atoms with E-state index in [-0.39, 0.29) is 35.2 Å². The standard InChI is InChI=1S/C35H37F2N3O5S/c1-25(2)20-21-38-35(42)33(22-26-6-4-3-5-7-26)40(23-27-8-10-28(36)11-9-27)34(41)24-45-31-16-18-32(19-17-31)46(43,44)39-30-14-12-29(37)13-15-30/h3-19,25,33,39H,20-24H2,1-2H3,(H,38,42)/t33-/m1/s1. The maximum atomic E-state index is 13.8. The van der Waals surface area contributed by atoms with E-state index in [1.165, 1.54) is 53.4 Å². The molecule has 0 unspecified atom stereocenters. The normalized spacial score (nSPS) is 11.9. The molecule has 0 radical (unpaired) electrons. The van der Waals surface area contributed by atoms with Crippen LogP contribution >= 0.6 is 0 Å². The molecule has 2 amide bonds. The zero-order chi connectivity index (χ0) is 33.1. The van der Waals surface area contributed by atoms with Crippen LogP contribution in [0.3, 0.4) is 0 Å². The van der Waals surface area contributed by atoms with Crippen molar-refractivity contribution in [2.45, 2.75) is 44.2 Å². The van der Waals surface area contributed by atoms with Crippen molar-refractivity contribution in [3.05, 3.63) is 126 Å². The number of carbonyl (C=O) groups is 2. The molecule has 2 N–H and O–H groups in total. The molecule has 242 valence electrons. The fraction of sp³-hybridized carbons (Fsp3) is 0.257. The van der Waals surface area contributed by atoms with E-state index in [9.17, 15) is 26.8 Å². The Hall–Kier alpha value is -4.77.